The van der Waals surface area contributed by atoms with Gasteiger partial charge < -0.3 is 4.90 Å². The van der Waals surface area contributed by atoms with E-state index in [1.165, 1.54) is 4.90 Å². The van der Waals surface area contributed by atoms with Gasteiger partial charge in [-0.2, -0.15) is 0 Å². The van der Waals surface area contributed by atoms with Gasteiger partial charge in [0.05, 0.1) is 11.8 Å². The van der Waals surface area contributed by atoms with Crippen molar-refractivity contribution in [2.75, 3.05) is 19.6 Å². The monoisotopic (exact) mass is 276 g/mol. The van der Waals surface area contributed by atoms with Crippen molar-refractivity contribution in [1.29, 1.82) is 0 Å². The molecule has 0 spiro atoms. The molecular formula is C15H20N2O3. The first-order chi connectivity index (χ1) is 9.66. The van der Waals surface area contributed by atoms with Gasteiger partial charge in [0.25, 0.3) is 0 Å². The smallest absolute Gasteiger partial charge is 0.242 e. The van der Waals surface area contributed by atoms with E-state index in [9.17, 15) is 14.4 Å². The summed E-state index contributed by atoms with van der Waals surface area (Å²) in [6.07, 6.45) is 5.27. The molecule has 5 heteroatoms. The molecule has 4 aliphatic rings. The first-order valence-corrected chi connectivity index (χ1v) is 7.80. The molecule has 0 aromatic heterocycles. The van der Waals surface area contributed by atoms with Crippen LogP contribution in [0.25, 0.3) is 0 Å². The molecule has 0 radical (unpaired) electrons. The molecule has 4 fully saturated rings. The molecule has 20 heavy (non-hydrogen) atoms. The molecule has 2 aliphatic carbocycles. The fraction of sp³-hybridized carbons (Fsp3) is 0.800. The second-order valence-electron chi connectivity index (χ2n) is 6.74. The highest BCUT2D eigenvalue weighted by Crippen LogP contribution is 2.56. The third kappa shape index (κ3) is 1.58. The van der Waals surface area contributed by atoms with E-state index >= 15 is 0 Å². The summed E-state index contributed by atoms with van der Waals surface area (Å²) < 4.78 is 0. The number of rotatable bonds is 2. The summed E-state index contributed by atoms with van der Waals surface area (Å²) in [5, 5.41) is 0. The number of nitrogens with zero attached hydrogens (tertiary/aromatic N) is 2. The maximum absolute atomic E-state index is 12.5. The fourth-order valence-electron chi connectivity index (χ4n) is 4.83. The molecule has 2 saturated heterocycles. The van der Waals surface area contributed by atoms with Crippen molar-refractivity contribution in [1.82, 2.24) is 9.80 Å². The summed E-state index contributed by atoms with van der Waals surface area (Å²) in [6.45, 7) is 1.52. The predicted molar refractivity (Wildman–Crippen MR) is 70.3 cm³/mol. The number of fused-ring (bicyclic) bond motifs is 5. The summed E-state index contributed by atoms with van der Waals surface area (Å²) >= 11 is 0. The van der Waals surface area contributed by atoms with E-state index < -0.39 is 0 Å². The van der Waals surface area contributed by atoms with Gasteiger partial charge in [-0.1, -0.05) is 0 Å². The molecule has 4 rings (SSSR count). The molecule has 2 bridgehead atoms. The Kier molecular flexibility index (Phi) is 2.66. The first kappa shape index (κ1) is 12.4. The Hall–Kier alpha value is -1.39. The molecule has 0 aromatic rings. The zero-order chi connectivity index (χ0) is 13.9. The van der Waals surface area contributed by atoms with Gasteiger partial charge in [0, 0.05) is 13.1 Å². The van der Waals surface area contributed by atoms with Gasteiger partial charge in [-0.15, -0.1) is 0 Å². The van der Waals surface area contributed by atoms with Crippen LogP contribution in [0.15, 0.2) is 0 Å². The number of hydrogen-bond donors (Lipinski definition) is 0. The van der Waals surface area contributed by atoms with Gasteiger partial charge in [0.2, 0.25) is 17.7 Å². The maximum Gasteiger partial charge on any atom is 0.242 e. The van der Waals surface area contributed by atoms with Gasteiger partial charge in [-0.25, -0.2) is 0 Å². The van der Waals surface area contributed by atoms with Crippen molar-refractivity contribution in [2.24, 2.45) is 23.7 Å². The van der Waals surface area contributed by atoms with Crippen LogP contribution in [0.5, 0.6) is 0 Å². The molecule has 108 valence electrons. The molecule has 5 nitrogen and oxygen atoms in total. The Morgan fingerprint density at radius 2 is 1.55 bits per heavy atom. The van der Waals surface area contributed by atoms with Crippen molar-refractivity contribution in [3.05, 3.63) is 0 Å². The van der Waals surface area contributed by atoms with Gasteiger partial charge >= 0.3 is 0 Å². The zero-order valence-electron chi connectivity index (χ0n) is 11.6. The quantitative estimate of drug-likeness (QED) is 0.695. The van der Waals surface area contributed by atoms with Crippen LogP contribution in [-0.4, -0.2) is 47.2 Å². The van der Waals surface area contributed by atoms with Gasteiger partial charge in [-0.05, 0) is 43.9 Å². The van der Waals surface area contributed by atoms with Crippen molar-refractivity contribution < 1.29 is 14.4 Å². The summed E-state index contributed by atoms with van der Waals surface area (Å²) in [7, 11) is 0. The van der Waals surface area contributed by atoms with E-state index in [1.807, 2.05) is 0 Å². The number of carbonyl (C=O) groups is 3. The lowest BCUT2D eigenvalue weighted by Crippen LogP contribution is -2.42. The molecule has 2 heterocycles. The fourth-order valence-corrected chi connectivity index (χ4v) is 4.83. The number of hydrogen-bond acceptors (Lipinski definition) is 3. The average molecular weight is 276 g/mol. The van der Waals surface area contributed by atoms with Crippen LogP contribution >= 0.6 is 0 Å². The van der Waals surface area contributed by atoms with Crippen LogP contribution in [0.1, 0.15) is 32.1 Å². The molecule has 2 aliphatic heterocycles. The minimum Gasteiger partial charge on any atom is -0.341 e. The molecule has 0 unspecified atom stereocenters. The van der Waals surface area contributed by atoms with E-state index in [4.69, 9.17) is 0 Å². The molecule has 0 N–H and O–H groups in total. The lowest BCUT2D eigenvalue weighted by Gasteiger charge is -2.21. The maximum atomic E-state index is 12.5. The molecule has 3 amide bonds. The summed E-state index contributed by atoms with van der Waals surface area (Å²) in [5.41, 5.74) is 0. The van der Waals surface area contributed by atoms with Gasteiger partial charge in [-0.3, -0.25) is 19.3 Å². The van der Waals surface area contributed by atoms with E-state index in [0.717, 1.165) is 45.2 Å². The second kappa shape index (κ2) is 4.30. The number of imide groups is 1. The lowest BCUT2D eigenvalue weighted by atomic mass is 9.81. The van der Waals surface area contributed by atoms with Gasteiger partial charge in [0.15, 0.2) is 0 Å². The van der Waals surface area contributed by atoms with E-state index in [2.05, 4.69) is 0 Å². The van der Waals surface area contributed by atoms with E-state index in [0.29, 0.717) is 11.8 Å². The Labute approximate surface area is 118 Å². The third-order valence-corrected chi connectivity index (χ3v) is 5.77. The Morgan fingerprint density at radius 1 is 1.00 bits per heavy atom. The van der Waals surface area contributed by atoms with Gasteiger partial charge in [0.1, 0.15) is 6.54 Å². The van der Waals surface area contributed by atoms with Crippen LogP contribution in [0.3, 0.4) is 0 Å². The lowest BCUT2D eigenvalue weighted by molar-refractivity contribution is -0.146. The van der Waals surface area contributed by atoms with E-state index in [1.54, 1.807) is 4.90 Å². The summed E-state index contributed by atoms with van der Waals surface area (Å²) in [4.78, 5) is 40.2. The Bertz CT molecular complexity index is 456. The van der Waals surface area contributed by atoms with Crippen molar-refractivity contribution in [3.8, 4) is 0 Å². The largest absolute Gasteiger partial charge is 0.341 e. The average Bonchev–Trinajstić information content (AvgIpc) is 3.18. The molecular weight excluding hydrogens is 256 g/mol. The molecule has 0 aromatic carbocycles. The molecule has 4 atom stereocenters. The highest BCUT2D eigenvalue weighted by Gasteiger charge is 2.61. The summed E-state index contributed by atoms with van der Waals surface area (Å²) in [6, 6.07) is 0. The third-order valence-electron chi connectivity index (χ3n) is 5.77. The highest BCUT2D eigenvalue weighted by atomic mass is 16.2. The van der Waals surface area contributed by atoms with Crippen LogP contribution < -0.4 is 0 Å². The second-order valence-corrected chi connectivity index (χ2v) is 6.74. The van der Waals surface area contributed by atoms with Crippen LogP contribution in [-0.2, 0) is 14.4 Å². The normalized spacial score (nSPS) is 39.0. The minimum absolute atomic E-state index is 0.0237. The van der Waals surface area contributed by atoms with Crippen LogP contribution in [0, 0.1) is 23.7 Å². The van der Waals surface area contributed by atoms with E-state index in [-0.39, 0.29) is 36.1 Å². The summed E-state index contributed by atoms with van der Waals surface area (Å²) in [5.74, 6) is 0.387. The number of carbonyl (C=O) groups excluding carboxylic acids is 3. The molecule has 2 saturated carbocycles. The first-order valence-electron chi connectivity index (χ1n) is 7.80. The minimum atomic E-state index is -0.104. The topological polar surface area (TPSA) is 57.7 Å². The van der Waals surface area contributed by atoms with Crippen molar-refractivity contribution in [3.63, 3.8) is 0 Å². The highest BCUT2D eigenvalue weighted by molar-refractivity contribution is 6.08. The van der Waals surface area contributed by atoms with Crippen molar-refractivity contribution in [2.45, 2.75) is 32.1 Å². The van der Waals surface area contributed by atoms with Crippen molar-refractivity contribution >= 4 is 17.7 Å². The Balaban J connectivity index is 1.50. The number of likely N-dealkylation sites (tertiary alicyclic amines) is 2. The zero-order valence-corrected chi connectivity index (χ0v) is 11.6. The predicted octanol–water partition coefficient (Wildman–Crippen LogP) is 0.640. The van der Waals surface area contributed by atoms with Crippen LogP contribution in [0.2, 0.25) is 0 Å². The standard InChI is InChI=1S/C15H20N2O3/c18-11(16-5-1-2-6-16)8-17-14(19)12-9-3-4-10(7-9)13(12)15(17)20/h9-10,12-13H,1-8H2/t9-,10-,12-,13-/m0/s1. The van der Waals surface area contributed by atoms with Crippen LogP contribution in [0.4, 0.5) is 0 Å². The number of amides is 3. The SMILES string of the molecule is O=C(CN1C(=O)[C@H]2[C@H]3CC[C@@H](C3)[C@@H]2C1=O)N1CCCC1. The Morgan fingerprint density at radius 3 is 2.10 bits per heavy atom.